The molecule has 2 aliphatic carbocycles. The molecule has 0 spiro atoms. The maximum absolute atomic E-state index is 4.32. The summed E-state index contributed by atoms with van der Waals surface area (Å²) >= 11 is 3.94. The van der Waals surface area contributed by atoms with E-state index in [0.717, 1.165) is 0 Å². The van der Waals surface area contributed by atoms with Crippen LogP contribution >= 0.6 is 15.9 Å². The highest BCUT2D eigenvalue weighted by atomic mass is 79.9. The molecule has 2 fully saturated rings. The van der Waals surface area contributed by atoms with Crippen molar-refractivity contribution in [2.75, 3.05) is 0 Å². The Morgan fingerprint density at radius 1 is 1.44 bits per heavy atom. The first kappa shape index (κ1) is 12.4. The minimum atomic E-state index is 0.446. The first-order valence-corrected chi connectivity index (χ1v) is 7.34. The van der Waals surface area contributed by atoms with Gasteiger partial charge in [0.1, 0.15) is 0 Å². The van der Waals surface area contributed by atoms with E-state index in [4.69, 9.17) is 0 Å². The summed E-state index contributed by atoms with van der Waals surface area (Å²) in [6.45, 7) is 13.1. The summed E-state index contributed by atoms with van der Waals surface area (Å²) in [6, 6.07) is 0. The van der Waals surface area contributed by atoms with Crippen LogP contribution in [-0.4, -0.2) is 4.83 Å². The summed E-state index contributed by atoms with van der Waals surface area (Å²) in [5.41, 5.74) is 3.29. The second-order valence-electron chi connectivity index (χ2n) is 6.05. The fourth-order valence-corrected chi connectivity index (χ4v) is 4.62. The number of hydrogen-bond acceptors (Lipinski definition) is 0. The molecule has 0 heterocycles. The zero-order chi connectivity index (χ0) is 11.9. The van der Waals surface area contributed by atoms with E-state index < -0.39 is 0 Å². The molecular formula is C15H23Br. The second-order valence-corrected chi connectivity index (χ2v) is 7.16. The smallest absolute Gasteiger partial charge is 0.0211 e. The molecule has 2 aliphatic rings. The minimum absolute atomic E-state index is 0.446. The third kappa shape index (κ3) is 1.92. The highest BCUT2D eigenvalue weighted by Gasteiger charge is 2.48. The van der Waals surface area contributed by atoms with Gasteiger partial charge in [0.25, 0.3) is 0 Å². The van der Waals surface area contributed by atoms with Crippen LogP contribution in [0.25, 0.3) is 0 Å². The van der Waals surface area contributed by atoms with Gasteiger partial charge in [0.2, 0.25) is 0 Å². The molecule has 0 saturated heterocycles. The molecule has 2 rings (SSSR count). The zero-order valence-electron chi connectivity index (χ0n) is 10.6. The van der Waals surface area contributed by atoms with Crippen LogP contribution in [0.2, 0.25) is 0 Å². The topological polar surface area (TPSA) is 0 Å². The van der Waals surface area contributed by atoms with Crippen LogP contribution in [0, 0.1) is 17.3 Å². The van der Waals surface area contributed by atoms with E-state index in [1.807, 2.05) is 0 Å². The van der Waals surface area contributed by atoms with E-state index in [1.165, 1.54) is 43.3 Å². The van der Waals surface area contributed by atoms with Crippen LogP contribution < -0.4 is 0 Å². The molecule has 0 aromatic heterocycles. The lowest BCUT2D eigenvalue weighted by molar-refractivity contribution is 0.0944. The van der Waals surface area contributed by atoms with Gasteiger partial charge < -0.3 is 0 Å². The molecule has 4 atom stereocenters. The third-order valence-corrected chi connectivity index (χ3v) is 6.35. The quantitative estimate of drug-likeness (QED) is 0.464. The van der Waals surface area contributed by atoms with Crippen molar-refractivity contribution in [1.82, 2.24) is 0 Å². The van der Waals surface area contributed by atoms with Crippen molar-refractivity contribution in [3.05, 3.63) is 24.3 Å². The van der Waals surface area contributed by atoms with Gasteiger partial charge in [-0.2, -0.15) is 0 Å². The lowest BCUT2D eigenvalue weighted by Gasteiger charge is -2.52. The van der Waals surface area contributed by atoms with Gasteiger partial charge in [0, 0.05) is 4.83 Å². The van der Waals surface area contributed by atoms with Gasteiger partial charge in [-0.25, -0.2) is 0 Å². The van der Waals surface area contributed by atoms with Crippen LogP contribution in [0.3, 0.4) is 0 Å². The Hall–Kier alpha value is -0.0400. The predicted octanol–water partition coefficient (Wildman–Crippen LogP) is 5.10. The summed E-state index contributed by atoms with van der Waals surface area (Å²) in [5.74, 6) is 1.40. The second kappa shape index (κ2) is 4.33. The molecule has 4 unspecified atom stereocenters. The van der Waals surface area contributed by atoms with Crippen LogP contribution in [0.4, 0.5) is 0 Å². The summed E-state index contributed by atoms with van der Waals surface area (Å²) in [7, 11) is 0. The molecular weight excluding hydrogens is 260 g/mol. The van der Waals surface area contributed by atoms with E-state index in [0.29, 0.717) is 22.1 Å². The predicted molar refractivity (Wildman–Crippen MR) is 74.8 cm³/mol. The largest absolute Gasteiger partial charge is 0.0999 e. The van der Waals surface area contributed by atoms with Gasteiger partial charge in [-0.1, -0.05) is 47.2 Å². The van der Waals surface area contributed by atoms with E-state index in [-0.39, 0.29) is 0 Å². The Bertz CT molecular complexity index is 317. The highest BCUT2D eigenvalue weighted by molar-refractivity contribution is 9.09. The van der Waals surface area contributed by atoms with E-state index >= 15 is 0 Å². The summed E-state index contributed by atoms with van der Waals surface area (Å²) in [6.07, 6.45) is 6.46. The molecule has 0 aromatic rings. The maximum Gasteiger partial charge on any atom is 0.0211 e. The SMILES string of the molecule is C=C(C)C1CC(Br)C2(C)CCCC(=C)C2C1. The van der Waals surface area contributed by atoms with E-state index in [2.05, 4.69) is 42.9 Å². The number of halogens is 1. The lowest BCUT2D eigenvalue weighted by Crippen LogP contribution is -2.45. The number of rotatable bonds is 1. The normalized spacial score (nSPS) is 43.9. The molecule has 16 heavy (non-hydrogen) atoms. The molecule has 90 valence electrons. The fraction of sp³-hybridized carbons (Fsp3) is 0.733. The van der Waals surface area contributed by atoms with Crippen molar-refractivity contribution in [2.24, 2.45) is 17.3 Å². The zero-order valence-corrected chi connectivity index (χ0v) is 12.1. The summed E-state index contributed by atoms with van der Waals surface area (Å²) < 4.78 is 0. The van der Waals surface area contributed by atoms with Crippen LogP contribution in [-0.2, 0) is 0 Å². The minimum Gasteiger partial charge on any atom is -0.0999 e. The molecule has 0 bridgehead atoms. The summed E-state index contributed by atoms with van der Waals surface area (Å²) in [4.78, 5) is 0.637. The van der Waals surface area contributed by atoms with Crippen molar-refractivity contribution in [3.8, 4) is 0 Å². The number of fused-ring (bicyclic) bond motifs is 1. The Kier molecular flexibility index (Phi) is 3.36. The third-order valence-electron chi connectivity index (χ3n) is 4.93. The monoisotopic (exact) mass is 282 g/mol. The van der Waals surface area contributed by atoms with Crippen molar-refractivity contribution >= 4 is 15.9 Å². The fourth-order valence-electron chi connectivity index (χ4n) is 3.62. The first-order chi connectivity index (χ1) is 7.45. The van der Waals surface area contributed by atoms with Gasteiger partial charge in [0.05, 0.1) is 0 Å². The van der Waals surface area contributed by atoms with E-state index in [9.17, 15) is 0 Å². The Morgan fingerprint density at radius 3 is 2.75 bits per heavy atom. The van der Waals surface area contributed by atoms with Crippen LogP contribution in [0.15, 0.2) is 24.3 Å². The van der Waals surface area contributed by atoms with Gasteiger partial charge in [-0.15, -0.1) is 0 Å². The van der Waals surface area contributed by atoms with Crippen LogP contribution in [0.1, 0.15) is 46.0 Å². The first-order valence-electron chi connectivity index (χ1n) is 6.42. The van der Waals surface area contributed by atoms with Gasteiger partial charge in [-0.3, -0.25) is 0 Å². The van der Waals surface area contributed by atoms with E-state index in [1.54, 1.807) is 0 Å². The van der Waals surface area contributed by atoms with Gasteiger partial charge >= 0.3 is 0 Å². The van der Waals surface area contributed by atoms with Crippen molar-refractivity contribution in [3.63, 3.8) is 0 Å². The number of hydrogen-bond donors (Lipinski definition) is 0. The standard InChI is InChI=1S/C15H23Br/c1-10(2)12-8-13-11(3)6-5-7-15(13,4)14(16)9-12/h12-14H,1,3,5-9H2,2,4H3. The molecule has 1 heteroatoms. The molecule has 0 radical (unpaired) electrons. The number of alkyl halides is 1. The van der Waals surface area contributed by atoms with Gasteiger partial charge in [0.15, 0.2) is 0 Å². The molecule has 0 nitrogen and oxygen atoms in total. The maximum atomic E-state index is 4.32. The number of allylic oxidation sites excluding steroid dienone is 2. The molecule has 0 N–H and O–H groups in total. The van der Waals surface area contributed by atoms with Crippen molar-refractivity contribution < 1.29 is 0 Å². The Balaban J connectivity index is 2.25. The van der Waals surface area contributed by atoms with Crippen molar-refractivity contribution in [2.45, 2.75) is 50.8 Å². The molecule has 0 amide bonds. The summed E-state index contributed by atoms with van der Waals surface area (Å²) in [5, 5.41) is 0. The molecule has 0 aromatic carbocycles. The molecule has 2 saturated carbocycles. The highest BCUT2D eigenvalue weighted by Crippen LogP contribution is 2.56. The Labute approximate surface area is 108 Å². The lowest BCUT2D eigenvalue weighted by atomic mass is 9.56. The average Bonchev–Trinajstić information content (AvgIpc) is 2.20. The Morgan fingerprint density at radius 2 is 2.12 bits per heavy atom. The average molecular weight is 283 g/mol. The molecule has 0 aliphatic heterocycles. The van der Waals surface area contributed by atoms with Crippen molar-refractivity contribution in [1.29, 1.82) is 0 Å². The van der Waals surface area contributed by atoms with Gasteiger partial charge in [-0.05, 0) is 56.3 Å². The van der Waals surface area contributed by atoms with Crippen LogP contribution in [0.5, 0.6) is 0 Å².